The molecule has 30 nitrogen and oxygen atoms in total. The third-order valence-corrected chi connectivity index (χ3v) is 27.4. The number of carbonyl (C=O) groups excluding carboxylic acids is 5. The van der Waals surface area contributed by atoms with Gasteiger partial charge in [0.1, 0.15) is 37.2 Å². The number of hydroxylamine groups is 2. The van der Waals surface area contributed by atoms with E-state index in [0.29, 0.717) is 140 Å². The first-order valence-corrected chi connectivity index (χ1v) is 38.8. The van der Waals surface area contributed by atoms with Gasteiger partial charge < -0.3 is 96.8 Å². The van der Waals surface area contributed by atoms with Gasteiger partial charge in [0.05, 0.1) is 94.4 Å². The summed E-state index contributed by atoms with van der Waals surface area (Å²) in [4.78, 5) is 80.8. The van der Waals surface area contributed by atoms with Crippen molar-refractivity contribution in [2.75, 3.05) is 94.1 Å². The van der Waals surface area contributed by atoms with E-state index in [0.717, 1.165) is 39.8 Å². The van der Waals surface area contributed by atoms with Crippen LogP contribution in [0, 0.1) is 27.7 Å². The van der Waals surface area contributed by atoms with Crippen molar-refractivity contribution in [3.63, 3.8) is 0 Å². The highest BCUT2D eigenvalue weighted by atomic mass is 32.2. The molecule has 32 heteroatoms. The smallest absolute Gasteiger partial charge is 0.331 e. The van der Waals surface area contributed by atoms with Gasteiger partial charge in [-0.1, -0.05) is 12.1 Å². The Bertz CT molecular complexity index is 4950. The highest BCUT2D eigenvalue weighted by Gasteiger charge is 2.66. The van der Waals surface area contributed by atoms with Crippen molar-refractivity contribution in [2.24, 2.45) is 0 Å². The van der Waals surface area contributed by atoms with Crippen LogP contribution in [0.25, 0.3) is 0 Å². The van der Waals surface area contributed by atoms with Gasteiger partial charge in [-0.3, -0.25) is 34.8 Å². The normalized spacial score (nSPS) is 28.7. The minimum absolute atomic E-state index is 0.0303. The molecule has 6 aromatic rings. The number of methoxy groups -OCH3 is 5. The zero-order valence-corrected chi connectivity index (χ0v) is 64.7. The van der Waals surface area contributed by atoms with E-state index >= 15 is 0 Å². The van der Waals surface area contributed by atoms with Crippen LogP contribution in [0.3, 0.4) is 0 Å². The number of aromatic hydroxyl groups is 4. The average Bonchev–Trinajstić information content (AvgIpc) is 1.42. The number of hydrogen-bond acceptors (Lipinski definition) is 31. The standard InChI is InChI=1S/C40H43N3O12S.C39H43N3O12S/c1-17-9-21-10-23-38(51-6)43-24-13-52-39(48)40(22-12-26(49-4)25(46)11-20(22)7-8-41-40)14-56-37(31(43)30(42(23)15-44)27(21)32(47)33(17)50-5)29-28(24)36-35(53-16-54-36)18(2)34(29)55-19(3)45;1-16-9-20-10-22-37(46)41-23-13-51-38(47)39(21-12-25(48-4)24(44)11-19(21)7-8-40-39)14-55-36(30(41)29(42(22)50-6)26(20)31(45)32(16)49-5)28-27(23)35-34(52-15-53-35)17(2)33(28)54-18(3)43/h9,11-12,15,23-24,30-31,37-38,41,46-47H,7-8,10,13-14,16H2,1-6H3;9,11-12,22-23,29-30,36-37,40,44-46H,7-8,10,13-15H2,1-6H3/t23?,24?,30?,31?,37?,38-,40+;22?,23?,29?,30?,36?,37-,39+/m00/s1. The van der Waals surface area contributed by atoms with Gasteiger partial charge in [0.15, 0.2) is 80.1 Å². The molecule has 6 aromatic carbocycles. The summed E-state index contributed by atoms with van der Waals surface area (Å²) in [6.07, 6.45) is 0.721. The number of aliphatic hydroxyl groups is 1. The fourth-order valence-electron chi connectivity index (χ4n) is 20.1. The quantitative estimate of drug-likeness (QED) is 0.0438. The molecule has 0 aromatic heterocycles. The molecule has 4 saturated heterocycles. The molecule has 7 N–H and O–H groups in total. The number of nitrogens with one attached hydrogen (secondary N) is 2. The predicted octanol–water partition coefficient (Wildman–Crippen LogP) is 6.94. The Morgan fingerprint density at radius 1 is 0.550 bits per heavy atom. The molecule has 14 atom stereocenters. The van der Waals surface area contributed by atoms with E-state index in [1.807, 2.05) is 44.7 Å². The van der Waals surface area contributed by atoms with E-state index in [1.165, 1.54) is 65.8 Å². The number of hydrogen-bond donors (Lipinski definition) is 7. The molecule has 10 unspecified atom stereocenters. The van der Waals surface area contributed by atoms with E-state index in [2.05, 4.69) is 15.5 Å². The molecule has 8 bridgehead atoms. The molecule has 0 radical (unpaired) electrons. The molecular formula is C79H86N6O24S2. The van der Waals surface area contributed by atoms with Gasteiger partial charge in [-0.2, -0.15) is 5.06 Å². The first-order valence-electron chi connectivity index (χ1n) is 36.7. The van der Waals surface area contributed by atoms with Crippen molar-refractivity contribution in [3.8, 4) is 80.5 Å². The Labute approximate surface area is 646 Å². The summed E-state index contributed by atoms with van der Waals surface area (Å²) in [7, 11) is 9.05. The van der Waals surface area contributed by atoms with Gasteiger partial charge in [-0.15, -0.1) is 23.5 Å². The van der Waals surface area contributed by atoms with E-state index < -0.39 is 106 Å². The van der Waals surface area contributed by atoms with Crippen molar-refractivity contribution in [1.29, 1.82) is 0 Å². The maximum atomic E-state index is 14.8. The lowest BCUT2D eigenvalue weighted by Gasteiger charge is -2.62. The van der Waals surface area contributed by atoms with Gasteiger partial charge in [0, 0.05) is 90.1 Å². The number of ether oxygens (including phenoxy) is 13. The summed E-state index contributed by atoms with van der Waals surface area (Å²) in [5.74, 6) is 1.25. The fraction of sp³-hybridized carbons (Fsp3) is 0.481. The zero-order valence-electron chi connectivity index (χ0n) is 63.1. The number of fused-ring (bicyclic) bond motifs is 18. The highest BCUT2D eigenvalue weighted by Crippen LogP contribution is 2.68. The number of nitrogens with zero attached hydrogens (tertiary/aromatic N) is 4. The van der Waals surface area contributed by atoms with Crippen molar-refractivity contribution in [2.45, 2.75) is 150 Å². The first kappa shape index (κ1) is 74.4. The van der Waals surface area contributed by atoms with Crippen LogP contribution in [0.1, 0.15) is 138 Å². The number of amides is 1. The summed E-state index contributed by atoms with van der Waals surface area (Å²) < 4.78 is 78.3. The van der Waals surface area contributed by atoms with Crippen LogP contribution < -0.4 is 58.0 Å². The first-order chi connectivity index (χ1) is 53.4. The second kappa shape index (κ2) is 27.8. The summed E-state index contributed by atoms with van der Waals surface area (Å²) in [5, 5.41) is 65.6. The summed E-state index contributed by atoms with van der Waals surface area (Å²) in [6, 6.07) is 5.07. The minimum atomic E-state index is -1.40. The van der Waals surface area contributed by atoms with Crippen LogP contribution in [0.5, 0.6) is 80.5 Å². The van der Waals surface area contributed by atoms with Gasteiger partial charge in [0.2, 0.25) is 20.0 Å². The SMILES string of the molecule is COc1cc2c(cc1O)CCN[C@]21CSC2c3c(OC(C)=O)c(C)c4c(c3C(COC1=O)N1C2C2c3c(cc(C)c(OC)c3O)CC([C@@H]1O)N2OC)OCO4.COc1cc2c(cc1O)CCN[C@]21CSC2c3c(OC(C)=O)c(C)c4c(c3C(COC1=O)N1C2C2c3c(cc(C)c(OC)c3O)CC([C@@H]1OC)N2C=O)OCO4. The minimum Gasteiger partial charge on any atom is -0.504 e. The van der Waals surface area contributed by atoms with Crippen LogP contribution in [0.15, 0.2) is 36.4 Å². The number of aliphatic hydroxyl groups excluding tert-OH is 1. The lowest BCUT2D eigenvalue weighted by molar-refractivity contribution is -0.294. The lowest BCUT2D eigenvalue weighted by Crippen LogP contribution is -2.70. The molecule has 2 spiro atoms. The number of carbonyl (C=O) groups is 5. The summed E-state index contributed by atoms with van der Waals surface area (Å²) in [5.41, 5.74) is 7.91. The third kappa shape index (κ3) is 10.8. The van der Waals surface area contributed by atoms with Crippen molar-refractivity contribution < 1.29 is 116 Å². The van der Waals surface area contributed by atoms with Gasteiger partial charge in [-0.05, 0) is 122 Å². The largest absolute Gasteiger partial charge is 0.504 e. The van der Waals surface area contributed by atoms with Crippen LogP contribution in [0.2, 0.25) is 0 Å². The molecule has 1 amide bonds. The fourth-order valence-corrected chi connectivity index (χ4v) is 23.5. The predicted molar refractivity (Wildman–Crippen MR) is 395 cm³/mol. The molecule has 14 heterocycles. The topological polar surface area (TPSA) is 353 Å². The van der Waals surface area contributed by atoms with Gasteiger partial charge in [0.25, 0.3) is 0 Å². The van der Waals surface area contributed by atoms with E-state index in [9.17, 15) is 49.5 Å². The Hall–Kier alpha value is -9.35. The number of aryl methyl sites for hydroxylation is 2. The zero-order chi connectivity index (χ0) is 78.0. The van der Waals surface area contributed by atoms with E-state index in [4.69, 9.17) is 66.4 Å². The maximum Gasteiger partial charge on any atom is 0.331 e. The number of phenolic OH excluding ortho intramolecular Hbond substituents is 4. The van der Waals surface area contributed by atoms with Gasteiger partial charge in [-0.25, -0.2) is 9.59 Å². The molecule has 0 aliphatic carbocycles. The Morgan fingerprint density at radius 3 is 1.44 bits per heavy atom. The second-order valence-corrected chi connectivity index (χ2v) is 32.1. The summed E-state index contributed by atoms with van der Waals surface area (Å²) >= 11 is 2.85. The molecule has 4 fully saturated rings. The molecule has 0 saturated carbocycles. The second-order valence-electron chi connectivity index (χ2n) is 29.8. The van der Waals surface area contributed by atoms with Crippen LogP contribution >= 0.6 is 23.5 Å². The van der Waals surface area contributed by atoms with Crippen LogP contribution in [-0.2, 0) is 79.8 Å². The number of rotatable bonds is 9. The molecular weight excluding hydrogens is 1480 g/mol. The molecule has 14 aliphatic heterocycles. The molecule has 20 rings (SSSR count). The van der Waals surface area contributed by atoms with Crippen LogP contribution in [0.4, 0.5) is 0 Å². The number of phenols is 4. The number of esters is 4. The van der Waals surface area contributed by atoms with Crippen molar-refractivity contribution in [1.82, 2.24) is 30.4 Å². The lowest BCUT2D eigenvalue weighted by atomic mass is 9.73. The molecule has 588 valence electrons. The van der Waals surface area contributed by atoms with Crippen LogP contribution in [-0.4, -0.2) is 206 Å². The number of thioether (sulfide) groups is 2. The number of benzene rings is 6. The molecule has 111 heavy (non-hydrogen) atoms. The van der Waals surface area contributed by atoms with Crippen molar-refractivity contribution >= 4 is 53.8 Å². The van der Waals surface area contributed by atoms with Gasteiger partial charge >= 0.3 is 23.9 Å². The van der Waals surface area contributed by atoms with E-state index in [-0.39, 0.29) is 72.8 Å². The Morgan fingerprint density at radius 2 is 1.00 bits per heavy atom. The maximum absolute atomic E-state index is 14.8. The third-order valence-electron chi connectivity index (χ3n) is 24.5. The average molecular weight is 1570 g/mol. The monoisotopic (exact) mass is 1570 g/mol. The molecule has 14 aliphatic rings. The summed E-state index contributed by atoms with van der Waals surface area (Å²) in [6.45, 7) is 10.3. The highest BCUT2D eigenvalue weighted by molar-refractivity contribution is 7.99. The van der Waals surface area contributed by atoms with E-state index in [1.54, 1.807) is 48.4 Å². The number of piperazine rings is 2. The van der Waals surface area contributed by atoms with Crippen molar-refractivity contribution in [3.05, 3.63) is 125 Å². The Balaban J connectivity index is 0.000000161. The Kier molecular flexibility index (Phi) is 18.6.